The molecule has 0 unspecified atom stereocenters. The maximum Gasteiger partial charge on any atom is 0.262 e. The molecule has 0 radical (unpaired) electrons. The Hall–Kier alpha value is -2.97. The van der Waals surface area contributed by atoms with Gasteiger partial charge in [0.2, 0.25) is 0 Å². The van der Waals surface area contributed by atoms with Crippen LogP contribution < -0.4 is 10.1 Å². The number of benzene rings is 2. The van der Waals surface area contributed by atoms with Crippen molar-refractivity contribution >= 4 is 23.6 Å². The fourth-order valence-corrected chi connectivity index (χ4v) is 2.21. The van der Waals surface area contributed by atoms with Crippen LogP contribution in [0.1, 0.15) is 18.1 Å². The third-order valence-corrected chi connectivity index (χ3v) is 3.60. The average molecular weight is 357 g/mol. The first-order valence-electron chi connectivity index (χ1n) is 7.63. The minimum atomic E-state index is -0.522. The number of phenols is 1. The molecule has 1 amide bonds. The van der Waals surface area contributed by atoms with Crippen LogP contribution in [0.4, 0.5) is 0 Å². The molecular weight excluding hydrogens is 340 g/mol. The Morgan fingerprint density at radius 3 is 2.64 bits per heavy atom. The molecule has 128 valence electrons. The number of phenolic OH excluding ortho intramolecular Hbond substituents is 1. The number of nitriles is 1. The number of ether oxygens (including phenoxy) is 1. The summed E-state index contributed by atoms with van der Waals surface area (Å²) in [6.45, 7) is 2.58. The Balaban J connectivity index is 2.09. The molecule has 0 aliphatic carbocycles. The standard InChI is InChI=1S/C19H17ClN2O3/c1-2-25-17-8-5-14(18(23)10-17)9-15(11-21)19(24)22-12-13-3-6-16(20)7-4-13/h3-10,23H,2,12H2,1H3,(H,22,24). The van der Waals surface area contributed by atoms with E-state index in [1.54, 1.807) is 36.4 Å². The quantitative estimate of drug-likeness (QED) is 0.611. The van der Waals surface area contributed by atoms with Crippen molar-refractivity contribution < 1.29 is 14.6 Å². The highest BCUT2D eigenvalue weighted by Crippen LogP contribution is 2.25. The van der Waals surface area contributed by atoms with Crippen LogP contribution in [0.15, 0.2) is 48.0 Å². The van der Waals surface area contributed by atoms with Gasteiger partial charge in [-0.2, -0.15) is 5.26 Å². The topological polar surface area (TPSA) is 82.3 Å². The Morgan fingerprint density at radius 2 is 2.04 bits per heavy atom. The summed E-state index contributed by atoms with van der Waals surface area (Å²) in [6, 6.07) is 13.6. The van der Waals surface area contributed by atoms with E-state index in [4.69, 9.17) is 16.3 Å². The third kappa shape index (κ3) is 5.27. The van der Waals surface area contributed by atoms with Gasteiger partial charge in [0.05, 0.1) is 6.61 Å². The third-order valence-electron chi connectivity index (χ3n) is 3.34. The van der Waals surface area contributed by atoms with Crippen LogP contribution in [0.25, 0.3) is 6.08 Å². The summed E-state index contributed by atoms with van der Waals surface area (Å²) < 4.78 is 5.28. The lowest BCUT2D eigenvalue weighted by atomic mass is 10.1. The van der Waals surface area contributed by atoms with Gasteiger partial charge in [-0.25, -0.2) is 0 Å². The zero-order valence-corrected chi connectivity index (χ0v) is 14.4. The second-order valence-corrected chi connectivity index (χ2v) is 5.57. The van der Waals surface area contributed by atoms with Crippen LogP contribution in [-0.2, 0) is 11.3 Å². The van der Waals surface area contributed by atoms with Crippen LogP contribution in [-0.4, -0.2) is 17.6 Å². The second-order valence-electron chi connectivity index (χ2n) is 5.13. The summed E-state index contributed by atoms with van der Waals surface area (Å²) in [4.78, 5) is 12.2. The molecule has 0 fully saturated rings. The Labute approximate surface area is 151 Å². The highest BCUT2D eigenvalue weighted by Gasteiger charge is 2.11. The van der Waals surface area contributed by atoms with Crippen molar-refractivity contribution in [3.05, 3.63) is 64.2 Å². The molecule has 0 saturated heterocycles. The van der Waals surface area contributed by atoms with E-state index in [0.29, 0.717) is 22.9 Å². The zero-order chi connectivity index (χ0) is 18.2. The van der Waals surface area contributed by atoms with Crippen LogP contribution >= 0.6 is 11.6 Å². The zero-order valence-electron chi connectivity index (χ0n) is 13.6. The van der Waals surface area contributed by atoms with Gasteiger partial charge in [-0.05, 0) is 42.8 Å². The number of aromatic hydroxyl groups is 1. The molecule has 2 rings (SSSR count). The van der Waals surface area contributed by atoms with E-state index in [-0.39, 0.29) is 17.9 Å². The van der Waals surface area contributed by atoms with E-state index in [9.17, 15) is 15.2 Å². The first kappa shape index (κ1) is 18.4. The van der Waals surface area contributed by atoms with Crippen molar-refractivity contribution in [2.75, 3.05) is 6.61 Å². The predicted octanol–water partition coefficient (Wildman–Crippen LogP) is 3.67. The van der Waals surface area contributed by atoms with Gasteiger partial charge in [0.25, 0.3) is 5.91 Å². The molecule has 25 heavy (non-hydrogen) atoms. The van der Waals surface area contributed by atoms with Crippen molar-refractivity contribution in [3.63, 3.8) is 0 Å². The second kappa shape index (κ2) is 8.76. The van der Waals surface area contributed by atoms with Gasteiger partial charge >= 0.3 is 0 Å². The normalized spacial score (nSPS) is 10.8. The lowest BCUT2D eigenvalue weighted by Gasteiger charge is -2.07. The number of halogens is 1. The number of hydrogen-bond donors (Lipinski definition) is 2. The molecule has 0 spiro atoms. The number of carbonyl (C=O) groups is 1. The fraction of sp³-hybridized carbons (Fsp3) is 0.158. The monoisotopic (exact) mass is 356 g/mol. The Bertz CT molecular complexity index is 824. The molecule has 0 bridgehead atoms. The number of nitrogens with one attached hydrogen (secondary N) is 1. The van der Waals surface area contributed by atoms with E-state index < -0.39 is 5.91 Å². The minimum Gasteiger partial charge on any atom is -0.507 e. The van der Waals surface area contributed by atoms with E-state index in [1.165, 1.54) is 12.1 Å². The van der Waals surface area contributed by atoms with Gasteiger partial charge in [-0.1, -0.05) is 23.7 Å². The summed E-state index contributed by atoms with van der Waals surface area (Å²) in [6.07, 6.45) is 1.34. The van der Waals surface area contributed by atoms with E-state index >= 15 is 0 Å². The summed E-state index contributed by atoms with van der Waals surface area (Å²) in [5.74, 6) is -0.0715. The van der Waals surface area contributed by atoms with E-state index in [1.807, 2.05) is 13.0 Å². The van der Waals surface area contributed by atoms with Crippen LogP contribution in [0.5, 0.6) is 11.5 Å². The van der Waals surface area contributed by atoms with Crippen molar-refractivity contribution in [1.82, 2.24) is 5.32 Å². The number of amides is 1. The summed E-state index contributed by atoms with van der Waals surface area (Å²) >= 11 is 5.81. The van der Waals surface area contributed by atoms with Crippen LogP contribution in [0.2, 0.25) is 5.02 Å². The SMILES string of the molecule is CCOc1ccc(C=C(C#N)C(=O)NCc2ccc(Cl)cc2)c(O)c1. The van der Waals surface area contributed by atoms with Crippen molar-refractivity contribution in [2.45, 2.75) is 13.5 Å². The van der Waals surface area contributed by atoms with Gasteiger partial charge in [-0.3, -0.25) is 4.79 Å². The highest BCUT2D eigenvalue weighted by molar-refractivity contribution is 6.30. The highest BCUT2D eigenvalue weighted by atomic mass is 35.5. The number of hydrogen-bond acceptors (Lipinski definition) is 4. The molecule has 2 N–H and O–H groups in total. The van der Waals surface area contributed by atoms with Gasteiger partial charge in [-0.15, -0.1) is 0 Å². The van der Waals surface area contributed by atoms with Gasteiger partial charge in [0.1, 0.15) is 23.1 Å². The first-order valence-corrected chi connectivity index (χ1v) is 8.01. The smallest absolute Gasteiger partial charge is 0.262 e. The summed E-state index contributed by atoms with van der Waals surface area (Å²) in [7, 11) is 0. The molecule has 2 aromatic rings. The Morgan fingerprint density at radius 1 is 1.32 bits per heavy atom. The number of rotatable bonds is 6. The van der Waals surface area contributed by atoms with Gasteiger partial charge < -0.3 is 15.2 Å². The Kier molecular flexibility index (Phi) is 6.44. The van der Waals surface area contributed by atoms with Crippen LogP contribution in [0.3, 0.4) is 0 Å². The first-order chi connectivity index (χ1) is 12.0. The summed E-state index contributed by atoms with van der Waals surface area (Å²) in [5, 5.41) is 22.5. The van der Waals surface area contributed by atoms with E-state index in [2.05, 4.69) is 5.32 Å². The average Bonchev–Trinajstić information content (AvgIpc) is 2.60. The molecule has 0 aliphatic heterocycles. The molecule has 0 heterocycles. The van der Waals surface area contributed by atoms with Gasteiger partial charge in [0.15, 0.2) is 0 Å². The maximum atomic E-state index is 12.2. The van der Waals surface area contributed by atoms with Gasteiger partial charge in [0, 0.05) is 23.2 Å². The molecule has 5 nitrogen and oxygen atoms in total. The van der Waals surface area contributed by atoms with E-state index in [0.717, 1.165) is 5.56 Å². The number of carbonyl (C=O) groups excluding carboxylic acids is 1. The maximum absolute atomic E-state index is 12.2. The lowest BCUT2D eigenvalue weighted by Crippen LogP contribution is -2.23. The largest absolute Gasteiger partial charge is 0.507 e. The lowest BCUT2D eigenvalue weighted by molar-refractivity contribution is -0.117. The van der Waals surface area contributed by atoms with Crippen molar-refractivity contribution in [3.8, 4) is 17.6 Å². The molecule has 2 aromatic carbocycles. The predicted molar refractivity (Wildman–Crippen MR) is 96.2 cm³/mol. The molecule has 0 aliphatic rings. The molecular formula is C19H17ClN2O3. The van der Waals surface area contributed by atoms with Crippen molar-refractivity contribution in [1.29, 1.82) is 5.26 Å². The minimum absolute atomic E-state index is 0.0656. The summed E-state index contributed by atoms with van der Waals surface area (Å²) in [5.41, 5.74) is 1.12. The van der Waals surface area contributed by atoms with Crippen LogP contribution in [0, 0.1) is 11.3 Å². The molecule has 6 heteroatoms. The fourth-order valence-electron chi connectivity index (χ4n) is 2.09. The number of nitrogens with zero attached hydrogens (tertiary/aromatic N) is 1. The van der Waals surface area contributed by atoms with Crippen molar-refractivity contribution in [2.24, 2.45) is 0 Å². The molecule has 0 atom stereocenters. The molecule has 0 saturated carbocycles. The molecule has 0 aromatic heterocycles.